The molecule has 2 aromatic rings. The van der Waals surface area contributed by atoms with Gasteiger partial charge in [-0.15, -0.1) is 0 Å². The van der Waals surface area contributed by atoms with Crippen molar-refractivity contribution in [3.05, 3.63) is 42.4 Å². The molecular formula is C27H40N2O. The van der Waals surface area contributed by atoms with Crippen LogP contribution in [-0.4, -0.2) is 16.6 Å². The first-order valence-electron chi connectivity index (χ1n) is 12.3. The standard InChI is InChI=1S/C27H40N2O/c1-3-5-7-9-22-11-13-23(14-12-22)21-30-26-17-15-24(16-18-26)27-20-28-25(19-29-27)10-8-6-4-2/h15-20,22-23H,3-14,21H2,1-2H3/t22-,23-. The lowest BCUT2D eigenvalue weighted by Gasteiger charge is -2.28. The van der Waals surface area contributed by atoms with Gasteiger partial charge in [0.1, 0.15) is 5.75 Å². The summed E-state index contributed by atoms with van der Waals surface area (Å²) in [5.74, 6) is 2.65. The third-order valence-corrected chi connectivity index (χ3v) is 6.56. The monoisotopic (exact) mass is 408 g/mol. The largest absolute Gasteiger partial charge is 0.493 e. The number of nitrogens with zero attached hydrogens (tertiary/aromatic N) is 2. The molecule has 1 aromatic carbocycles. The van der Waals surface area contributed by atoms with Crippen LogP contribution in [0.15, 0.2) is 36.7 Å². The second-order valence-corrected chi connectivity index (χ2v) is 9.07. The molecule has 3 nitrogen and oxygen atoms in total. The summed E-state index contributed by atoms with van der Waals surface area (Å²) >= 11 is 0. The van der Waals surface area contributed by atoms with Gasteiger partial charge >= 0.3 is 0 Å². The Morgan fingerprint density at radius 3 is 2.17 bits per heavy atom. The number of hydrogen-bond acceptors (Lipinski definition) is 3. The topological polar surface area (TPSA) is 35.0 Å². The Hall–Kier alpha value is -1.90. The van der Waals surface area contributed by atoms with Crippen LogP contribution in [0, 0.1) is 11.8 Å². The molecule has 0 atom stereocenters. The Labute approximate surface area is 183 Å². The van der Waals surface area contributed by atoms with Crippen LogP contribution in [0.3, 0.4) is 0 Å². The van der Waals surface area contributed by atoms with Gasteiger partial charge in [0.2, 0.25) is 0 Å². The molecule has 0 amide bonds. The highest BCUT2D eigenvalue weighted by Gasteiger charge is 2.21. The molecule has 0 spiro atoms. The molecule has 1 fully saturated rings. The molecule has 3 heteroatoms. The van der Waals surface area contributed by atoms with E-state index in [1.807, 2.05) is 12.4 Å². The minimum absolute atomic E-state index is 0.721. The summed E-state index contributed by atoms with van der Waals surface area (Å²) in [6.07, 6.45) is 19.6. The number of hydrogen-bond donors (Lipinski definition) is 0. The van der Waals surface area contributed by atoms with Crippen molar-refractivity contribution in [3.63, 3.8) is 0 Å². The van der Waals surface area contributed by atoms with E-state index in [-0.39, 0.29) is 0 Å². The van der Waals surface area contributed by atoms with Gasteiger partial charge in [-0.2, -0.15) is 0 Å². The second kappa shape index (κ2) is 12.7. The van der Waals surface area contributed by atoms with E-state index in [9.17, 15) is 0 Å². The van der Waals surface area contributed by atoms with Crippen LogP contribution in [0.1, 0.15) is 90.2 Å². The van der Waals surface area contributed by atoms with Gasteiger partial charge in [-0.1, -0.05) is 65.2 Å². The van der Waals surface area contributed by atoms with Crippen molar-refractivity contribution in [1.29, 1.82) is 0 Å². The van der Waals surface area contributed by atoms with Crippen molar-refractivity contribution in [2.45, 2.75) is 90.9 Å². The molecule has 1 aromatic heterocycles. The van der Waals surface area contributed by atoms with Crippen LogP contribution in [0.25, 0.3) is 11.3 Å². The van der Waals surface area contributed by atoms with Crippen LogP contribution < -0.4 is 4.74 Å². The average Bonchev–Trinajstić information content (AvgIpc) is 2.80. The average molecular weight is 409 g/mol. The highest BCUT2D eigenvalue weighted by molar-refractivity contribution is 5.58. The van der Waals surface area contributed by atoms with E-state index in [4.69, 9.17) is 4.74 Å². The van der Waals surface area contributed by atoms with E-state index in [0.717, 1.165) is 47.6 Å². The number of unbranched alkanes of at least 4 members (excludes halogenated alkanes) is 4. The van der Waals surface area contributed by atoms with E-state index >= 15 is 0 Å². The number of aryl methyl sites for hydroxylation is 1. The van der Waals surface area contributed by atoms with E-state index < -0.39 is 0 Å². The number of aromatic nitrogens is 2. The van der Waals surface area contributed by atoms with E-state index in [0.29, 0.717) is 0 Å². The molecule has 1 aliphatic rings. The molecule has 0 bridgehead atoms. The quantitative estimate of drug-likeness (QED) is 0.338. The SMILES string of the molecule is CCCCCc1cnc(-c2ccc(OC[C@H]3CC[C@H](CCCCC)CC3)cc2)cn1. The first-order chi connectivity index (χ1) is 14.8. The van der Waals surface area contributed by atoms with Crippen molar-refractivity contribution >= 4 is 0 Å². The summed E-state index contributed by atoms with van der Waals surface area (Å²) in [5, 5.41) is 0. The van der Waals surface area contributed by atoms with Crippen LogP contribution >= 0.6 is 0 Å². The normalized spacial score (nSPS) is 19.0. The van der Waals surface area contributed by atoms with Gasteiger partial charge in [-0.3, -0.25) is 9.97 Å². The Kier molecular flexibility index (Phi) is 9.66. The maximum Gasteiger partial charge on any atom is 0.119 e. The molecule has 0 aliphatic heterocycles. The minimum Gasteiger partial charge on any atom is -0.493 e. The lowest BCUT2D eigenvalue weighted by atomic mass is 9.80. The fraction of sp³-hybridized carbons (Fsp3) is 0.630. The second-order valence-electron chi connectivity index (χ2n) is 9.07. The molecule has 1 aliphatic carbocycles. The van der Waals surface area contributed by atoms with Crippen molar-refractivity contribution in [2.75, 3.05) is 6.61 Å². The lowest BCUT2D eigenvalue weighted by molar-refractivity contribution is 0.177. The van der Waals surface area contributed by atoms with Crippen molar-refractivity contribution in [1.82, 2.24) is 9.97 Å². The van der Waals surface area contributed by atoms with Gasteiger partial charge in [-0.05, 0) is 61.8 Å². The van der Waals surface area contributed by atoms with Crippen molar-refractivity contribution in [3.8, 4) is 17.0 Å². The summed E-state index contributed by atoms with van der Waals surface area (Å²) in [5.41, 5.74) is 3.12. The lowest BCUT2D eigenvalue weighted by Crippen LogP contribution is -2.20. The van der Waals surface area contributed by atoms with Crippen LogP contribution in [0.2, 0.25) is 0 Å². The molecule has 0 unspecified atom stereocenters. The van der Waals surface area contributed by atoms with Crippen LogP contribution in [-0.2, 0) is 6.42 Å². The minimum atomic E-state index is 0.721. The van der Waals surface area contributed by atoms with Crippen molar-refractivity contribution in [2.24, 2.45) is 11.8 Å². The molecule has 0 N–H and O–H groups in total. The number of ether oxygens (including phenoxy) is 1. The van der Waals surface area contributed by atoms with Gasteiger partial charge in [-0.25, -0.2) is 0 Å². The third kappa shape index (κ3) is 7.41. The van der Waals surface area contributed by atoms with Crippen molar-refractivity contribution < 1.29 is 4.74 Å². The zero-order valence-corrected chi connectivity index (χ0v) is 19.1. The van der Waals surface area contributed by atoms with E-state index in [1.165, 1.54) is 70.6 Å². The third-order valence-electron chi connectivity index (χ3n) is 6.56. The van der Waals surface area contributed by atoms with E-state index in [2.05, 4.69) is 48.1 Å². The van der Waals surface area contributed by atoms with Gasteiger partial charge in [0.15, 0.2) is 0 Å². The summed E-state index contributed by atoms with van der Waals surface area (Å²) < 4.78 is 6.11. The predicted molar refractivity (Wildman–Crippen MR) is 126 cm³/mol. The number of rotatable bonds is 12. The molecule has 1 saturated carbocycles. The fourth-order valence-corrected chi connectivity index (χ4v) is 4.49. The molecule has 0 radical (unpaired) electrons. The fourth-order valence-electron chi connectivity index (χ4n) is 4.49. The van der Waals surface area contributed by atoms with Gasteiger partial charge in [0.25, 0.3) is 0 Å². The Bertz CT molecular complexity index is 703. The summed E-state index contributed by atoms with van der Waals surface area (Å²) in [4.78, 5) is 9.19. The molecule has 164 valence electrons. The summed E-state index contributed by atoms with van der Waals surface area (Å²) in [6.45, 7) is 5.37. The first kappa shape index (κ1) is 22.8. The molecular weight excluding hydrogens is 368 g/mol. The van der Waals surface area contributed by atoms with Crippen LogP contribution in [0.4, 0.5) is 0 Å². The number of benzene rings is 1. The molecule has 0 saturated heterocycles. The molecule has 30 heavy (non-hydrogen) atoms. The van der Waals surface area contributed by atoms with Gasteiger partial charge in [0, 0.05) is 11.8 Å². The zero-order valence-electron chi connectivity index (χ0n) is 19.1. The van der Waals surface area contributed by atoms with E-state index in [1.54, 1.807) is 0 Å². The smallest absolute Gasteiger partial charge is 0.119 e. The highest BCUT2D eigenvalue weighted by atomic mass is 16.5. The predicted octanol–water partition coefficient (Wildman–Crippen LogP) is 7.64. The highest BCUT2D eigenvalue weighted by Crippen LogP contribution is 2.32. The first-order valence-corrected chi connectivity index (χ1v) is 12.3. The van der Waals surface area contributed by atoms with Gasteiger partial charge in [0.05, 0.1) is 24.2 Å². The maximum absolute atomic E-state index is 6.11. The van der Waals surface area contributed by atoms with Crippen LogP contribution in [0.5, 0.6) is 5.75 Å². The maximum atomic E-state index is 6.11. The zero-order chi connectivity index (χ0) is 21.0. The Morgan fingerprint density at radius 2 is 1.50 bits per heavy atom. The summed E-state index contributed by atoms with van der Waals surface area (Å²) in [7, 11) is 0. The molecule has 1 heterocycles. The summed E-state index contributed by atoms with van der Waals surface area (Å²) in [6, 6.07) is 8.34. The molecule has 3 rings (SSSR count). The van der Waals surface area contributed by atoms with Gasteiger partial charge < -0.3 is 4.74 Å². The Balaban J connectivity index is 1.41. The Morgan fingerprint density at radius 1 is 0.800 bits per heavy atom.